The summed E-state index contributed by atoms with van der Waals surface area (Å²) in [4.78, 5) is 0. The standard InChI is InChI=1S/C18H33O2/c1-6-18(3,15-9-10-15)17(20-5)16(14-7-8-14)11-13(2)12-19-4/h13-17H,1,6-12H2,2-5H3. The van der Waals surface area contributed by atoms with E-state index in [4.69, 9.17) is 9.47 Å². The Kier molecular flexibility index (Phi) is 5.53. The zero-order chi connectivity index (χ0) is 14.8. The minimum Gasteiger partial charge on any atom is -0.384 e. The van der Waals surface area contributed by atoms with Gasteiger partial charge < -0.3 is 9.47 Å². The van der Waals surface area contributed by atoms with Crippen molar-refractivity contribution in [1.82, 2.24) is 0 Å². The van der Waals surface area contributed by atoms with Crippen LogP contribution in [0.2, 0.25) is 0 Å². The second-order valence-electron chi connectivity index (χ2n) is 7.48. The molecule has 1 radical (unpaired) electrons. The normalized spacial score (nSPS) is 26.9. The van der Waals surface area contributed by atoms with Gasteiger partial charge in [0.25, 0.3) is 0 Å². The maximum Gasteiger partial charge on any atom is 0.0658 e. The summed E-state index contributed by atoms with van der Waals surface area (Å²) in [7, 11) is 3.72. The summed E-state index contributed by atoms with van der Waals surface area (Å²) in [5, 5.41) is 0. The molecule has 0 N–H and O–H groups in total. The van der Waals surface area contributed by atoms with Gasteiger partial charge in [0.2, 0.25) is 0 Å². The van der Waals surface area contributed by atoms with E-state index in [-0.39, 0.29) is 5.41 Å². The molecule has 0 aliphatic heterocycles. The SMILES string of the molecule is [CH2]CC(C)(C1CC1)C(OC)C(CC(C)COC)C1CC1. The summed E-state index contributed by atoms with van der Waals surface area (Å²) in [6.45, 7) is 9.85. The van der Waals surface area contributed by atoms with Crippen LogP contribution >= 0.6 is 0 Å². The zero-order valence-corrected chi connectivity index (χ0v) is 13.9. The zero-order valence-electron chi connectivity index (χ0n) is 13.9. The van der Waals surface area contributed by atoms with Crippen LogP contribution in [0.15, 0.2) is 0 Å². The molecule has 0 saturated heterocycles. The highest BCUT2D eigenvalue weighted by Crippen LogP contribution is 2.55. The Morgan fingerprint density at radius 2 is 1.85 bits per heavy atom. The fourth-order valence-corrected chi connectivity index (χ4v) is 4.16. The minimum absolute atomic E-state index is 0.273. The smallest absolute Gasteiger partial charge is 0.0658 e. The van der Waals surface area contributed by atoms with Gasteiger partial charge in [-0.2, -0.15) is 0 Å². The molecule has 4 atom stereocenters. The molecule has 0 aromatic carbocycles. The molecule has 0 aromatic rings. The summed E-state index contributed by atoms with van der Waals surface area (Å²) < 4.78 is 11.4. The lowest BCUT2D eigenvalue weighted by molar-refractivity contribution is -0.0678. The van der Waals surface area contributed by atoms with Gasteiger partial charge in [0.1, 0.15) is 0 Å². The van der Waals surface area contributed by atoms with E-state index in [0.717, 1.165) is 24.9 Å². The van der Waals surface area contributed by atoms with Crippen molar-refractivity contribution >= 4 is 0 Å². The second kappa shape index (κ2) is 6.79. The van der Waals surface area contributed by atoms with Gasteiger partial charge in [0, 0.05) is 20.8 Å². The van der Waals surface area contributed by atoms with Crippen LogP contribution in [0.25, 0.3) is 0 Å². The monoisotopic (exact) mass is 281 g/mol. The first-order chi connectivity index (χ1) is 9.56. The van der Waals surface area contributed by atoms with Crippen molar-refractivity contribution in [3.63, 3.8) is 0 Å². The van der Waals surface area contributed by atoms with Crippen LogP contribution in [0, 0.1) is 36.0 Å². The maximum atomic E-state index is 6.07. The van der Waals surface area contributed by atoms with Crippen molar-refractivity contribution in [2.75, 3.05) is 20.8 Å². The average Bonchev–Trinajstić information content (AvgIpc) is 3.31. The Hall–Kier alpha value is -0.0800. The molecule has 2 fully saturated rings. The first-order valence-electron chi connectivity index (χ1n) is 8.37. The van der Waals surface area contributed by atoms with Crippen molar-refractivity contribution in [2.45, 2.75) is 58.5 Å². The molecule has 0 aromatic heterocycles. The van der Waals surface area contributed by atoms with E-state index in [0.29, 0.717) is 17.9 Å². The van der Waals surface area contributed by atoms with Crippen LogP contribution in [0.3, 0.4) is 0 Å². The molecule has 2 aliphatic rings. The first kappa shape index (κ1) is 16.3. The minimum atomic E-state index is 0.273. The predicted molar refractivity (Wildman–Crippen MR) is 83.5 cm³/mol. The Bertz CT molecular complexity index is 296. The third-order valence-corrected chi connectivity index (χ3v) is 5.69. The van der Waals surface area contributed by atoms with Gasteiger partial charge in [0.05, 0.1) is 6.10 Å². The average molecular weight is 281 g/mol. The van der Waals surface area contributed by atoms with E-state index in [9.17, 15) is 0 Å². The van der Waals surface area contributed by atoms with Crippen LogP contribution in [0.4, 0.5) is 0 Å². The maximum absolute atomic E-state index is 6.07. The largest absolute Gasteiger partial charge is 0.384 e. The number of ether oxygens (including phenoxy) is 2. The fraction of sp³-hybridized carbons (Fsp3) is 0.944. The molecule has 2 saturated carbocycles. The van der Waals surface area contributed by atoms with Crippen molar-refractivity contribution in [2.24, 2.45) is 29.1 Å². The third kappa shape index (κ3) is 3.57. The lowest BCUT2D eigenvalue weighted by Crippen LogP contribution is -2.42. The van der Waals surface area contributed by atoms with Crippen molar-refractivity contribution in [3.05, 3.63) is 6.92 Å². The molecule has 20 heavy (non-hydrogen) atoms. The highest BCUT2D eigenvalue weighted by atomic mass is 16.5. The summed E-state index contributed by atoms with van der Waals surface area (Å²) in [6, 6.07) is 0. The Labute approximate surface area is 125 Å². The summed E-state index contributed by atoms with van der Waals surface area (Å²) in [6.07, 6.45) is 8.13. The molecular weight excluding hydrogens is 248 g/mol. The highest BCUT2D eigenvalue weighted by molar-refractivity contribution is 5.01. The van der Waals surface area contributed by atoms with Gasteiger partial charge in [-0.25, -0.2) is 0 Å². The topological polar surface area (TPSA) is 18.5 Å². The molecule has 0 bridgehead atoms. The molecule has 0 heterocycles. The van der Waals surface area contributed by atoms with Gasteiger partial charge in [-0.15, -0.1) is 0 Å². The number of hydrogen-bond donors (Lipinski definition) is 0. The van der Waals surface area contributed by atoms with E-state index in [1.165, 1.54) is 32.1 Å². The van der Waals surface area contributed by atoms with Crippen LogP contribution < -0.4 is 0 Å². The van der Waals surface area contributed by atoms with Crippen LogP contribution in [0.1, 0.15) is 52.4 Å². The molecule has 0 spiro atoms. The summed E-state index contributed by atoms with van der Waals surface area (Å²) in [5.74, 6) is 3.03. The third-order valence-electron chi connectivity index (χ3n) is 5.69. The quantitative estimate of drug-likeness (QED) is 0.593. The van der Waals surface area contributed by atoms with Crippen molar-refractivity contribution in [1.29, 1.82) is 0 Å². The van der Waals surface area contributed by atoms with E-state index in [1.807, 2.05) is 7.11 Å². The van der Waals surface area contributed by atoms with E-state index in [2.05, 4.69) is 20.8 Å². The van der Waals surface area contributed by atoms with Crippen molar-refractivity contribution < 1.29 is 9.47 Å². The lowest BCUT2D eigenvalue weighted by atomic mass is 9.69. The lowest BCUT2D eigenvalue weighted by Gasteiger charge is -2.42. The summed E-state index contributed by atoms with van der Waals surface area (Å²) in [5.41, 5.74) is 0.273. The van der Waals surface area contributed by atoms with Crippen LogP contribution in [-0.2, 0) is 9.47 Å². The van der Waals surface area contributed by atoms with Crippen LogP contribution in [0.5, 0.6) is 0 Å². The first-order valence-corrected chi connectivity index (χ1v) is 8.37. The molecule has 0 amide bonds. The molecule has 2 heteroatoms. The van der Waals surface area contributed by atoms with Gasteiger partial charge in [0.15, 0.2) is 0 Å². The molecule has 2 nitrogen and oxygen atoms in total. The summed E-state index contributed by atoms with van der Waals surface area (Å²) >= 11 is 0. The Morgan fingerprint density at radius 3 is 2.25 bits per heavy atom. The molecular formula is C18H33O2. The van der Waals surface area contributed by atoms with Gasteiger partial charge in [-0.1, -0.05) is 20.8 Å². The van der Waals surface area contributed by atoms with Gasteiger partial charge in [-0.3, -0.25) is 0 Å². The molecule has 117 valence electrons. The van der Waals surface area contributed by atoms with Crippen LogP contribution in [-0.4, -0.2) is 26.9 Å². The molecule has 2 aliphatic carbocycles. The Morgan fingerprint density at radius 1 is 1.20 bits per heavy atom. The van der Waals surface area contributed by atoms with E-state index < -0.39 is 0 Å². The number of hydrogen-bond acceptors (Lipinski definition) is 2. The highest BCUT2D eigenvalue weighted by Gasteiger charge is 2.51. The Balaban J connectivity index is 2.08. The van der Waals surface area contributed by atoms with Gasteiger partial charge >= 0.3 is 0 Å². The van der Waals surface area contributed by atoms with Crippen molar-refractivity contribution in [3.8, 4) is 0 Å². The van der Waals surface area contributed by atoms with E-state index >= 15 is 0 Å². The van der Waals surface area contributed by atoms with E-state index in [1.54, 1.807) is 7.11 Å². The number of methoxy groups -OCH3 is 2. The predicted octanol–water partition coefficient (Wildman–Crippen LogP) is 4.34. The number of rotatable bonds is 10. The molecule has 4 unspecified atom stereocenters. The fourth-order valence-electron chi connectivity index (χ4n) is 4.16. The van der Waals surface area contributed by atoms with Gasteiger partial charge in [-0.05, 0) is 67.6 Å². The molecule has 2 rings (SSSR count). The second-order valence-corrected chi connectivity index (χ2v) is 7.48.